The lowest BCUT2D eigenvalue weighted by molar-refractivity contribution is -0.140. The van der Waals surface area contributed by atoms with Crippen LogP contribution in [0.3, 0.4) is 0 Å². The van der Waals surface area contributed by atoms with Crippen molar-refractivity contribution in [1.29, 1.82) is 0 Å². The first-order chi connectivity index (χ1) is 16.2. The van der Waals surface area contributed by atoms with Crippen molar-refractivity contribution in [3.8, 4) is 17.3 Å². The highest BCUT2D eigenvalue weighted by Crippen LogP contribution is 2.38. The lowest BCUT2D eigenvalue weighted by atomic mass is 10.0. The van der Waals surface area contributed by atoms with E-state index < -0.39 is 46.9 Å². The number of aromatic nitrogens is 4. The van der Waals surface area contributed by atoms with E-state index in [1.165, 1.54) is 24.3 Å². The van der Waals surface area contributed by atoms with Gasteiger partial charge in [0.05, 0.1) is 37.5 Å². The monoisotopic (exact) mass is 481 g/mol. The third-order valence-electron chi connectivity index (χ3n) is 5.84. The second kappa shape index (κ2) is 8.01. The number of nitrogens with zero attached hydrogens (tertiary/aromatic N) is 5. The molecular weight excluding hydrogens is 465 g/mol. The average Bonchev–Trinajstić information content (AvgIpc) is 3.21. The molecule has 13 heteroatoms. The number of hydrogen-bond donors (Lipinski definition) is 0. The molecule has 4 heterocycles. The number of carbonyl (C=O) groups excluding carboxylic acids is 1. The van der Waals surface area contributed by atoms with Crippen molar-refractivity contribution in [1.82, 2.24) is 24.6 Å². The van der Waals surface area contributed by atoms with Crippen molar-refractivity contribution in [2.24, 2.45) is 0 Å². The number of halogens is 5. The van der Waals surface area contributed by atoms with Gasteiger partial charge in [0.15, 0.2) is 23.2 Å². The number of amides is 1. The topological polar surface area (TPSA) is 82.4 Å². The Kier molecular flexibility index (Phi) is 5.23. The predicted octanol–water partition coefficient (Wildman–Crippen LogP) is 3.24. The Labute approximate surface area is 188 Å². The second-order valence-corrected chi connectivity index (χ2v) is 7.75. The van der Waals surface area contributed by atoms with E-state index in [1.54, 1.807) is 4.57 Å². The Morgan fingerprint density at radius 3 is 2.68 bits per heavy atom. The summed E-state index contributed by atoms with van der Waals surface area (Å²) in [5, 5.41) is 8.11. The summed E-state index contributed by atoms with van der Waals surface area (Å²) in [5.41, 5.74) is -2.34. The zero-order valence-corrected chi connectivity index (χ0v) is 17.5. The Morgan fingerprint density at radius 1 is 1.15 bits per heavy atom. The van der Waals surface area contributed by atoms with Gasteiger partial charge in [-0.3, -0.25) is 4.79 Å². The molecule has 2 aliphatic rings. The largest absolute Gasteiger partial charge is 0.494 e. The van der Waals surface area contributed by atoms with Gasteiger partial charge in [0.1, 0.15) is 17.6 Å². The van der Waals surface area contributed by atoms with Gasteiger partial charge in [0, 0.05) is 18.8 Å². The molecule has 0 aliphatic carbocycles. The molecule has 1 amide bonds. The number of methoxy groups -OCH3 is 1. The van der Waals surface area contributed by atoms with Crippen LogP contribution in [-0.4, -0.2) is 56.9 Å². The maximum Gasteiger partial charge on any atom is 0.419 e. The molecule has 1 fully saturated rings. The Morgan fingerprint density at radius 2 is 1.94 bits per heavy atom. The maximum atomic E-state index is 14.8. The van der Waals surface area contributed by atoms with Crippen LogP contribution in [0.2, 0.25) is 0 Å². The van der Waals surface area contributed by atoms with Gasteiger partial charge in [-0.2, -0.15) is 13.2 Å². The molecule has 0 N–H and O–H groups in total. The number of alkyl halides is 3. The molecule has 5 rings (SSSR count). The quantitative estimate of drug-likeness (QED) is 0.535. The van der Waals surface area contributed by atoms with Crippen molar-refractivity contribution in [3.63, 3.8) is 0 Å². The number of pyridine rings is 1. The van der Waals surface area contributed by atoms with Crippen LogP contribution in [0.25, 0.3) is 11.5 Å². The van der Waals surface area contributed by atoms with Crippen molar-refractivity contribution >= 4 is 5.91 Å². The molecule has 2 aliphatic heterocycles. The fourth-order valence-corrected chi connectivity index (χ4v) is 4.30. The molecule has 2 atom stereocenters. The minimum absolute atomic E-state index is 0.0356. The third-order valence-corrected chi connectivity index (χ3v) is 5.84. The number of fused-ring (bicyclic) bond motifs is 4. The van der Waals surface area contributed by atoms with Gasteiger partial charge in [-0.25, -0.2) is 13.8 Å². The molecule has 2 aromatic heterocycles. The van der Waals surface area contributed by atoms with Gasteiger partial charge in [-0.1, -0.05) is 6.07 Å². The summed E-state index contributed by atoms with van der Waals surface area (Å²) < 4.78 is 81.1. The van der Waals surface area contributed by atoms with Crippen LogP contribution in [0, 0.1) is 11.6 Å². The lowest BCUT2D eigenvalue weighted by Crippen LogP contribution is -2.56. The SMILES string of the molecule is COc1ccnc(-c2nnc3n2C[C@@H]2COC[C@H]3N2C(=O)c2cccc(C(F)(F)F)c2F)c1F. The zero-order chi connectivity index (χ0) is 24.2. The second-order valence-electron chi connectivity index (χ2n) is 7.75. The summed E-state index contributed by atoms with van der Waals surface area (Å²) in [6.45, 7) is 0.0295. The molecular formula is C21H16F5N5O3. The summed E-state index contributed by atoms with van der Waals surface area (Å²) in [4.78, 5) is 18.5. The van der Waals surface area contributed by atoms with E-state index >= 15 is 0 Å². The van der Waals surface area contributed by atoms with Crippen molar-refractivity contribution in [2.75, 3.05) is 20.3 Å². The van der Waals surface area contributed by atoms with Crippen LogP contribution in [0.5, 0.6) is 5.75 Å². The van der Waals surface area contributed by atoms with Gasteiger partial charge in [0.25, 0.3) is 5.91 Å². The van der Waals surface area contributed by atoms with Gasteiger partial charge >= 0.3 is 6.18 Å². The number of morpholine rings is 1. The highest BCUT2D eigenvalue weighted by molar-refractivity contribution is 5.95. The van der Waals surface area contributed by atoms with E-state index in [9.17, 15) is 26.7 Å². The summed E-state index contributed by atoms with van der Waals surface area (Å²) >= 11 is 0. The molecule has 0 saturated carbocycles. The lowest BCUT2D eigenvalue weighted by Gasteiger charge is -2.45. The summed E-state index contributed by atoms with van der Waals surface area (Å²) in [6.07, 6.45) is -3.61. The number of carbonyl (C=O) groups is 1. The van der Waals surface area contributed by atoms with Crippen LogP contribution in [0.1, 0.15) is 27.8 Å². The fourth-order valence-electron chi connectivity index (χ4n) is 4.30. The maximum absolute atomic E-state index is 14.8. The molecule has 0 spiro atoms. The molecule has 3 aromatic rings. The molecule has 2 bridgehead atoms. The zero-order valence-electron chi connectivity index (χ0n) is 17.5. The van der Waals surface area contributed by atoms with Crippen LogP contribution in [-0.2, 0) is 17.5 Å². The average molecular weight is 481 g/mol. The number of rotatable bonds is 3. The molecule has 1 saturated heterocycles. The first-order valence-corrected chi connectivity index (χ1v) is 10.1. The Balaban J connectivity index is 1.55. The summed E-state index contributed by atoms with van der Waals surface area (Å²) in [5.74, 6) is -3.04. The highest BCUT2D eigenvalue weighted by atomic mass is 19.4. The van der Waals surface area contributed by atoms with Gasteiger partial charge in [0.2, 0.25) is 0 Å². The van der Waals surface area contributed by atoms with Crippen LogP contribution < -0.4 is 4.74 Å². The van der Waals surface area contributed by atoms with Crippen LogP contribution in [0.15, 0.2) is 30.5 Å². The van der Waals surface area contributed by atoms with E-state index in [2.05, 4.69) is 15.2 Å². The molecule has 178 valence electrons. The molecule has 1 aromatic carbocycles. The van der Waals surface area contributed by atoms with Crippen molar-refractivity contribution in [3.05, 3.63) is 59.0 Å². The normalized spacial score (nSPS) is 19.6. The minimum Gasteiger partial charge on any atom is -0.494 e. The Hall–Kier alpha value is -3.61. The van der Waals surface area contributed by atoms with E-state index in [-0.39, 0.29) is 42.9 Å². The van der Waals surface area contributed by atoms with Crippen molar-refractivity contribution < 1.29 is 36.2 Å². The first kappa shape index (κ1) is 22.2. The highest BCUT2D eigenvalue weighted by Gasteiger charge is 2.45. The van der Waals surface area contributed by atoms with Gasteiger partial charge in [-0.15, -0.1) is 10.2 Å². The van der Waals surface area contributed by atoms with Crippen LogP contribution >= 0.6 is 0 Å². The standard InChI is InChI=1S/C21H16F5N5O3/c1-33-14-5-6-27-17(16(14)23)19-29-28-18-13-9-34-8-10(7-30(18)19)31(13)20(32)11-3-2-4-12(15(11)22)21(24,25)26/h2-6,10,13H,7-9H2,1H3/t10-,13-/m1/s1. The van der Waals surface area contributed by atoms with Gasteiger partial charge in [-0.05, 0) is 12.1 Å². The van der Waals surface area contributed by atoms with Crippen molar-refractivity contribution in [2.45, 2.75) is 24.8 Å². The molecule has 0 unspecified atom stereocenters. The molecule has 34 heavy (non-hydrogen) atoms. The molecule has 8 nitrogen and oxygen atoms in total. The fraction of sp³-hybridized carbons (Fsp3) is 0.333. The Bertz CT molecular complexity index is 1280. The summed E-state index contributed by atoms with van der Waals surface area (Å²) in [7, 11) is 1.31. The van der Waals surface area contributed by atoms with Gasteiger partial charge < -0.3 is 18.9 Å². The van der Waals surface area contributed by atoms with E-state index in [1.807, 2.05) is 0 Å². The van der Waals surface area contributed by atoms with E-state index in [4.69, 9.17) is 9.47 Å². The smallest absolute Gasteiger partial charge is 0.419 e. The predicted molar refractivity (Wildman–Crippen MR) is 105 cm³/mol. The van der Waals surface area contributed by atoms with E-state index in [0.717, 1.165) is 12.1 Å². The number of benzene rings is 1. The first-order valence-electron chi connectivity index (χ1n) is 10.1. The third kappa shape index (κ3) is 3.38. The van der Waals surface area contributed by atoms with Crippen LogP contribution in [0.4, 0.5) is 22.0 Å². The molecule has 0 radical (unpaired) electrons. The minimum atomic E-state index is -4.95. The summed E-state index contributed by atoms with van der Waals surface area (Å²) in [6, 6.07) is 2.35. The number of ether oxygens (including phenoxy) is 2. The number of hydrogen-bond acceptors (Lipinski definition) is 6. The van der Waals surface area contributed by atoms with E-state index in [0.29, 0.717) is 6.07 Å².